The zero-order valence-electron chi connectivity index (χ0n) is 10.1. The van der Waals surface area contributed by atoms with E-state index in [-0.39, 0.29) is 5.75 Å². The Morgan fingerprint density at radius 2 is 2.11 bits per heavy atom. The second-order valence-electron chi connectivity index (χ2n) is 3.76. The Morgan fingerprint density at radius 3 is 2.72 bits per heavy atom. The minimum atomic E-state index is -3.40. The second-order valence-corrected chi connectivity index (χ2v) is 6.01. The highest BCUT2D eigenvalue weighted by Gasteiger charge is 2.12. The molecule has 102 valence electrons. The van der Waals surface area contributed by atoms with Crippen LogP contribution >= 0.6 is 11.6 Å². The number of methoxy groups -OCH3 is 1. The summed E-state index contributed by atoms with van der Waals surface area (Å²) in [6.45, 7) is 0.482. The van der Waals surface area contributed by atoms with Crippen molar-refractivity contribution in [2.45, 2.75) is 12.8 Å². The highest BCUT2D eigenvalue weighted by Crippen LogP contribution is 2.27. The van der Waals surface area contributed by atoms with Crippen LogP contribution in [0.3, 0.4) is 0 Å². The van der Waals surface area contributed by atoms with Gasteiger partial charge in [-0.25, -0.2) is 8.42 Å². The summed E-state index contributed by atoms with van der Waals surface area (Å²) in [7, 11) is -1.90. The van der Waals surface area contributed by atoms with E-state index in [9.17, 15) is 8.42 Å². The molecule has 0 radical (unpaired) electrons. The summed E-state index contributed by atoms with van der Waals surface area (Å²) in [5.41, 5.74) is 5.64. The quantitative estimate of drug-likeness (QED) is 0.751. The average molecular weight is 293 g/mol. The number of nitrogens with two attached hydrogens (primary N) is 1. The van der Waals surface area contributed by atoms with Crippen molar-refractivity contribution in [1.29, 1.82) is 0 Å². The van der Waals surface area contributed by atoms with Gasteiger partial charge < -0.3 is 10.5 Å². The molecule has 0 saturated heterocycles. The number of ether oxygens (including phenoxy) is 1. The van der Waals surface area contributed by atoms with Crippen LogP contribution in [-0.2, 0) is 10.0 Å². The predicted octanol–water partition coefficient (Wildman–Crippen LogP) is 1.83. The van der Waals surface area contributed by atoms with Crippen molar-refractivity contribution < 1.29 is 13.2 Å². The van der Waals surface area contributed by atoms with Crippen LogP contribution in [0.2, 0.25) is 5.02 Å². The van der Waals surface area contributed by atoms with Gasteiger partial charge in [-0.2, -0.15) is 0 Å². The lowest BCUT2D eigenvalue weighted by Gasteiger charge is -2.10. The van der Waals surface area contributed by atoms with Gasteiger partial charge in [0.2, 0.25) is 10.0 Å². The molecule has 0 aliphatic heterocycles. The normalized spacial score (nSPS) is 11.3. The van der Waals surface area contributed by atoms with Crippen LogP contribution < -0.4 is 15.2 Å². The van der Waals surface area contributed by atoms with Crippen LogP contribution in [0.4, 0.5) is 5.69 Å². The summed E-state index contributed by atoms with van der Waals surface area (Å²) in [4.78, 5) is 0. The van der Waals surface area contributed by atoms with Gasteiger partial charge in [-0.3, -0.25) is 4.72 Å². The first kappa shape index (κ1) is 15.1. The van der Waals surface area contributed by atoms with Gasteiger partial charge in [0, 0.05) is 6.07 Å². The third-order valence-corrected chi connectivity index (χ3v) is 3.99. The number of unbranched alkanes of at least 4 members (excludes halogenated alkanes) is 1. The topological polar surface area (TPSA) is 81.4 Å². The van der Waals surface area contributed by atoms with Gasteiger partial charge in [0.25, 0.3) is 0 Å². The van der Waals surface area contributed by atoms with E-state index in [4.69, 9.17) is 22.1 Å². The highest BCUT2D eigenvalue weighted by atomic mass is 35.5. The molecule has 0 amide bonds. The van der Waals surface area contributed by atoms with Crippen molar-refractivity contribution in [2.75, 3.05) is 24.1 Å². The minimum absolute atomic E-state index is 0.0255. The molecule has 0 bridgehead atoms. The highest BCUT2D eigenvalue weighted by molar-refractivity contribution is 7.92. The molecule has 0 spiro atoms. The third-order valence-electron chi connectivity index (χ3n) is 2.31. The standard InChI is InChI=1S/C11H17ClN2O3S/c1-17-9-4-5-10(12)11(8-9)14-18(15,16)7-3-2-6-13/h4-5,8,14H,2-3,6-7,13H2,1H3. The number of benzene rings is 1. The monoisotopic (exact) mass is 292 g/mol. The molecule has 0 aliphatic rings. The molecular formula is C11H17ClN2O3S. The van der Waals surface area contributed by atoms with E-state index in [1.54, 1.807) is 18.2 Å². The number of hydrogen-bond donors (Lipinski definition) is 2. The summed E-state index contributed by atoms with van der Waals surface area (Å²) in [6, 6.07) is 4.79. The lowest BCUT2D eigenvalue weighted by Crippen LogP contribution is -2.17. The second kappa shape index (κ2) is 6.82. The van der Waals surface area contributed by atoms with Gasteiger partial charge in [0.15, 0.2) is 0 Å². The van der Waals surface area contributed by atoms with E-state index in [1.807, 2.05) is 0 Å². The van der Waals surface area contributed by atoms with E-state index in [1.165, 1.54) is 7.11 Å². The van der Waals surface area contributed by atoms with Gasteiger partial charge in [-0.05, 0) is 31.5 Å². The molecule has 18 heavy (non-hydrogen) atoms. The van der Waals surface area contributed by atoms with E-state index >= 15 is 0 Å². The Bertz CT molecular complexity index is 491. The number of rotatable bonds is 7. The molecule has 0 fully saturated rings. The molecule has 1 rings (SSSR count). The fourth-order valence-electron chi connectivity index (χ4n) is 1.36. The van der Waals surface area contributed by atoms with Crippen molar-refractivity contribution >= 4 is 27.3 Å². The molecule has 0 aliphatic carbocycles. The van der Waals surface area contributed by atoms with Gasteiger partial charge >= 0.3 is 0 Å². The first-order chi connectivity index (χ1) is 8.48. The van der Waals surface area contributed by atoms with Crippen LogP contribution in [0.25, 0.3) is 0 Å². The number of sulfonamides is 1. The van der Waals surface area contributed by atoms with Crippen molar-refractivity contribution in [3.05, 3.63) is 23.2 Å². The van der Waals surface area contributed by atoms with Crippen LogP contribution in [-0.4, -0.2) is 27.8 Å². The lowest BCUT2D eigenvalue weighted by molar-refractivity contribution is 0.415. The zero-order valence-corrected chi connectivity index (χ0v) is 11.7. The van der Waals surface area contributed by atoms with Crippen LogP contribution in [0.1, 0.15) is 12.8 Å². The lowest BCUT2D eigenvalue weighted by atomic mass is 10.3. The van der Waals surface area contributed by atoms with Crippen molar-refractivity contribution in [2.24, 2.45) is 5.73 Å². The van der Waals surface area contributed by atoms with E-state index in [0.717, 1.165) is 0 Å². The first-order valence-electron chi connectivity index (χ1n) is 5.52. The SMILES string of the molecule is COc1ccc(Cl)c(NS(=O)(=O)CCCCN)c1. The van der Waals surface area contributed by atoms with Crippen LogP contribution in [0, 0.1) is 0 Å². The summed E-state index contributed by atoms with van der Waals surface area (Å²) in [5, 5.41) is 0.332. The van der Waals surface area contributed by atoms with Crippen molar-refractivity contribution in [1.82, 2.24) is 0 Å². The maximum atomic E-state index is 11.8. The Balaban J connectivity index is 2.76. The number of hydrogen-bond acceptors (Lipinski definition) is 4. The van der Waals surface area contributed by atoms with Crippen molar-refractivity contribution in [3.63, 3.8) is 0 Å². The maximum absolute atomic E-state index is 11.8. The Morgan fingerprint density at radius 1 is 1.39 bits per heavy atom. The molecule has 0 saturated carbocycles. The Labute approximate surface area is 112 Å². The summed E-state index contributed by atoms with van der Waals surface area (Å²) in [6.07, 6.45) is 1.19. The molecule has 0 aromatic heterocycles. The molecule has 0 unspecified atom stereocenters. The molecule has 1 aromatic carbocycles. The van der Waals surface area contributed by atoms with Gasteiger partial charge in [-0.1, -0.05) is 11.6 Å². The fraction of sp³-hybridized carbons (Fsp3) is 0.455. The molecule has 5 nitrogen and oxygen atoms in total. The molecular weight excluding hydrogens is 276 g/mol. The van der Waals surface area contributed by atoms with Crippen molar-refractivity contribution in [3.8, 4) is 5.75 Å². The molecule has 1 aromatic rings. The molecule has 7 heteroatoms. The fourth-order valence-corrected chi connectivity index (χ4v) is 2.78. The Hall–Kier alpha value is -0.980. The van der Waals surface area contributed by atoms with Gasteiger partial charge in [-0.15, -0.1) is 0 Å². The minimum Gasteiger partial charge on any atom is -0.497 e. The zero-order chi connectivity index (χ0) is 13.6. The largest absolute Gasteiger partial charge is 0.497 e. The summed E-state index contributed by atoms with van der Waals surface area (Å²) in [5.74, 6) is 0.566. The van der Waals surface area contributed by atoms with Crippen LogP contribution in [0.5, 0.6) is 5.75 Å². The van der Waals surface area contributed by atoms with Gasteiger partial charge in [0.05, 0.1) is 23.6 Å². The number of anilines is 1. The molecule has 0 heterocycles. The number of nitrogens with one attached hydrogen (secondary N) is 1. The van der Waals surface area contributed by atoms with E-state index < -0.39 is 10.0 Å². The summed E-state index contributed by atoms with van der Waals surface area (Å²) < 4.78 is 31.0. The maximum Gasteiger partial charge on any atom is 0.232 e. The third kappa shape index (κ3) is 4.72. The predicted molar refractivity (Wildman–Crippen MR) is 73.7 cm³/mol. The summed E-state index contributed by atoms with van der Waals surface area (Å²) >= 11 is 5.92. The van der Waals surface area contributed by atoms with E-state index in [0.29, 0.717) is 35.8 Å². The molecule has 3 N–H and O–H groups in total. The smallest absolute Gasteiger partial charge is 0.232 e. The van der Waals surface area contributed by atoms with Gasteiger partial charge in [0.1, 0.15) is 5.75 Å². The average Bonchev–Trinajstić information content (AvgIpc) is 2.32. The number of halogens is 1. The van der Waals surface area contributed by atoms with Crippen LogP contribution in [0.15, 0.2) is 18.2 Å². The molecule has 0 atom stereocenters. The Kier molecular flexibility index (Phi) is 5.71. The first-order valence-corrected chi connectivity index (χ1v) is 7.55. The van der Waals surface area contributed by atoms with E-state index in [2.05, 4.69) is 4.72 Å².